The average molecular weight is 321 g/mol. The summed E-state index contributed by atoms with van der Waals surface area (Å²) in [6, 6.07) is 3.96. The molecule has 0 amide bonds. The fourth-order valence-corrected chi connectivity index (χ4v) is 3.14. The molecule has 2 heteroatoms. The molecule has 0 saturated carbocycles. The molecule has 0 atom stereocenters. The van der Waals surface area contributed by atoms with E-state index in [9.17, 15) is 10.2 Å². The van der Waals surface area contributed by atoms with Crippen LogP contribution < -0.4 is 0 Å². The first kappa shape index (κ1) is 20.0. The number of benzene rings is 1. The van der Waals surface area contributed by atoms with Gasteiger partial charge in [0.05, 0.1) is 6.61 Å². The van der Waals surface area contributed by atoms with Crippen molar-refractivity contribution in [2.75, 3.05) is 0 Å². The normalized spacial score (nSPS) is 11.1. The lowest BCUT2D eigenvalue weighted by Crippen LogP contribution is -1.97. The van der Waals surface area contributed by atoms with Crippen LogP contribution in [0, 0.1) is 0 Å². The van der Waals surface area contributed by atoms with Crippen molar-refractivity contribution in [1.82, 2.24) is 0 Å². The minimum atomic E-state index is 0.0615. The monoisotopic (exact) mass is 320 g/mol. The molecule has 0 radical (unpaired) electrons. The second kappa shape index (κ2) is 12.4. The molecule has 0 aliphatic heterocycles. The highest BCUT2D eigenvalue weighted by Gasteiger charge is 2.10. The minimum Gasteiger partial charge on any atom is -0.507 e. The molecule has 0 fully saturated rings. The number of aliphatic hydroxyl groups is 1. The van der Waals surface area contributed by atoms with Crippen LogP contribution in [0.3, 0.4) is 0 Å². The Morgan fingerprint density at radius 2 is 1.13 bits per heavy atom. The lowest BCUT2D eigenvalue weighted by atomic mass is 9.96. The predicted molar refractivity (Wildman–Crippen MR) is 99.0 cm³/mol. The van der Waals surface area contributed by atoms with Crippen molar-refractivity contribution < 1.29 is 10.2 Å². The molecule has 0 heterocycles. The van der Waals surface area contributed by atoms with Crippen molar-refractivity contribution in [3.8, 4) is 5.75 Å². The van der Waals surface area contributed by atoms with Gasteiger partial charge in [-0.25, -0.2) is 0 Å². The molecule has 1 rings (SSSR count). The highest BCUT2D eigenvalue weighted by atomic mass is 16.3. The molecule has 132 valence electrons. The van der Waals surface area contributed by atoms with E-state index in [1.165, 1.54) is 51.4 Å². The molecule has 23 heavy (non-hydrogen) atoms. The quantitative estimate of drug-likeness (QED) is 0.443. The van der Waals surface area contributed by atoms with Crippen molar-refractivity contribution in [2.24, 2.45) is 0 Å². The van der Waals surface area contributed by atoms with Gasteiger partial charge in [-0.15, -0.1) is 0 Å². The van der Waals surface area contributed by atoms with Gasteiger partial charge in [0.15, 0.2) is 0 Å². The Bertz CT molecular complexity index is 391. The number of aromatic hydroxyl groups is 1. The summed E-state index contributed by atoms with van der Waals surface area (Å²) in [5.74, 6) is 0.480. The lowest BCUT2D eigenvalue weighted by molar-refractivity contribution is 0.281. The average Bonchev–Trinajstić information content (AvgIpc) is 2.57. The molecule has 2 N–H and O–H groups in total. The molecule has 0 aliphatic carbocycles. The number of rotatable bonds is 13. The number of aliphatic hydroxyl groups excluding tert-OH is 1. The Morgan fingerprint density at radius 1 is 0.696 bits per heavy atom. The number of hydrogen-bond acceptors (Lipinski definition) is 2. The van der Waals surface area contributed by atoms with E-state index in [2.05, 4.69) is 13.8 Å². The third kappa shape index (κ3) is 7.87. The summed E-state index contributed by atoms with van der Waals surface area (Å²) in [7, 11) is 0. The van der Waals surface area contributed by atoms with Crippen LogP contribution in [0.15, 0.2) is 12.1 Å². The summed E-state index contributed by atoms with van der Waals surface area (Å²) in [5, 5.41) is 20.0. The van der Waals surface area contributed by atoms with Crippen LogP contribution in [0.1, 0.15) is 94.7 Å². The van der Waals surface area contributed by atoms with Gasteiger partial charge in [-0.05, 0) is 54.5 Å². The lowest BCUT2D eigenvalue weighted by Gasteiger charge is -2.13. The van der Waals surface area contributed by atoms with Gasteiger partial charge in [0.2, 0.25) is 0 Å². The van der Waals surface area contributed by atoms with Gasteiger partial charge < -0.3 is 10.2 Å². The first-order valence-electron chi connectivity index (χ1n) is 9.67. The molecule has 0 unspecified atom stereocenters. The van der Waals surface area contributed by atoms with Gasteiger partial charge >= 0.3 is 0 Å². The smallest absolute Gasteiger partial charge is 0.121 e. The van der Waals surface area contributed by atoms with E-state index >= 15 is 0 Å². The van der Waals surface area contributed by atoms with Gasteiger partial charge in [-0.3, -0.25) is 0 Å². The highest BCUT2D eigenvalue weighted by Crippen LogP contribution is 2.28. The fourth-order valence-electron chi connectivity index (χ4n) is 3.14. The maximum atomic E-state index is 10.5. The highest BCUT2D eigenvalue weighted by molar-refractivity contribution is 5.44. The van der Waals surface area contributed by atoms with E-state index in [-0.39, 0.29) is 6.61 Å². The first-order chi connectivity index (χ1) is 11.2. The standard InChI is InChI=1S/C21H36O2/c1-3-5-7-9-11-13-19-15-18(17-22)16-20(21(19)23)14-12-10-8-6-4-2/h15-16,22-23H,3-14,17H2,1-2H3. The van der Waals surface area contributed by atoms with Crippen LogP contribution in [-0.4, -0.2) is 10.2 Å². The van der Waals surface area contributed by atoms with Crippen LogP contribution in [0.25, 0.3) is 0 Å². The maximum absolute atomic E-state index is 10.5. The molecule has 0 spiro atoms. The first-order valence-corrected chi connectivity index (χ1v) is 9.67. The number of hydrogen-bond donors (Lipinski definition) is 2. The van der Waals surface area contributed by atoms with Crippen LogP contribution >= 0.6 is 0 Å². The maximum Gasteiger partial charge on any atom is 0.121 e. The topological polar surface area (TPSA) is 40.5 Å². The van der Waals surface area contributed by atoms with Crippen LogP contribution in [-0.2, 0) is 19.4 Å². The Labute approximate surface area is 142 Å². The number of phenolic OH excluding ortho intramolecular Hbond substituents is 1. The Hall–Kier alpha value is -1.02. The van der Waals surface area contributed by atoms with Crippen molar-refractivity contribution in [3.05, 3.63) is 28.8 Å². The number of aryl methyl sites for hydroxylation is 2. The van der Waals surface area contributed by atoms with Gasteiger partial charge in [0.25, 0.3) is 0 Å². The molecular formula is C21H36O2. The molecule has 2 nitrogen and oxygen atoms in total. The second-order valence-electron chi connectivity index (χ2n) is 6.75. The Morgan fingerprint density at radius 3 is 1.52 bits per heavy atom. The molecule has 1 aromatic rings. The number of phenols is 1. The summed E-state index contributed by atoms with van der Waals surface area (Å²) >= 11 is 0. The van der Waals surface area contributed by atoms with Gasteiger partial charge in [0, 0.05) is 0 Å². The van der Waals surface area contributed by atoms with E-state index in [1.807, 2.05) is 12.1 Å². The predicted octanol–water partition coefficient (Wildman–Crippen LogP) is 5.91. The third-order valence-corrected chi connectivity index (χ3v) is 4.61. The van der Waals surface area contributed by atoms with E-state index in [0.717, 1.165) is 42.4 Å². The second-order valence-corrected chi connectivity index (χ2v) is 6.75. The van der Waals surface area contributed by atoms with Gasteiger partial charge in [-0.2, -0.15) is 0 Å². The molecule has 1 aromatic carbocycles. The van der Waals surface area contributed by atoms with Crippen LogP contribution in [0.5, 0.6) is 5.75 Å². The van der Waals surface area contributed by atoms with Crippen molar-refractivity contribution in [2.45, 2.75) is 97.5 Å². The van der Waals surface area contributed by atoms with Crippen molar-refractivity contribution >= 4 is 0 Å². The van der Waals surface area contributed by atoms with Crippen LogP contribution in [0.4, 0.5) is 0 Å². The zero-order chi connectivity index (χ0) is 16.9. The third-order valence-electron chi connectivity index (χ3n) is 4.61. The van der Waals surface area contributed by atoms with E-state index in [1.54, 1.807) is 0 Å². The Balaban J connectivity index is 2.57. The zero-order valence-corrected chi connectivity index (χ0v) is 15.2. The SMILES string of the molecule is CCCCCCCc1cc(CO)cc(CCCCCCC)c1O. The van der Waals surface area contributed by atoms with E-state index < -0.39 is 0 Å². The minimum absolute atomic E-state index is 0.0615. The van der Waals surface area contributed by atoms with Crippen LogP contribution in [0.2, 0.25) is 0 Å². The summed E-state index contributed by atoms with van der Waals surface area (Å²) in [5.41, 5.74) is 2.99. The van der Waals surface area contributed by atoms with Crippen molar-refractivity contribution in [3.63, 3.8) is 0 Å². The van der Waals surface area contributed by atoms with E-state index in [4.69, 9.17) is 0 Å². The van der Waals surface area contributed by atoms with Crippen molar-refractivity contribution in [1.29, 1.82) is 0 Å². The van der Waals surface area contributed by atoms with Gasteiger partial charge in [0.1, 0.15) is 5.75 Å². The molecular weight excluding hydrogens is 284 g/mol. The van der Waals surface area contributed by atoms with Gasteiger partial charge in [-0.1, -0.05) is 65.2 Å². The van der Waals surface area contributed by atoms with E-state index in [0.29, 0.717) is 5.75 Å². The summed E-state index contributed by atoms with van der Waals surface area (Å²) in [6.07, 6.45) is 14.2. The molecule has 0 saturated heterocycles. The zero-order valence-electron chi connectivity index (χ0n) is 15.2. The number of unbranched alkanes of at least 4 members (excludes halogenated alkanes) is 8. The summed E-state index contributed by atoms with van der Waals surface area (Å²) < 4.78 is 0. The molecule has 0 aromatic heterocycles. The molecule has 0 aliphatic rings. The Kier molecular flexibility index (Phi) is 10.8. The summed E-state index contributed by atoms with van der Waals surface area (Å²) in [6.45, 7) is 4.51. The summed E-state index contributed by atoms with van der Waals surface area (Å²) in [4.78, 5) is 0. The largest absolute Gasteiger partial charge is 0.507 e. The molecule has 0 bridgehead atoms. The fraction of sp³-hybridized carbons (Fsp3) is 0.714.